The number of hydrogen-bond donors (Lipinski definition) is 3. The van der Waals surface area contributed by atoms with Crippen molar-refractivity contribution in [3.05, 3.63) is 28.0 Å². The molecule has 1 heterocycles. The van der Waals surface area contributed by atoms with E-state index in [-0.39, 0.29) is 19.1 Å². The summed E-state index contributed by atoms with van der Waals surface area (Å²) < 4.78 is 26.6. The molecule has 1 aromatic heterocycles. The zero-order valence-corrected chi connectivity index (χ0v) is 14.1. The molecule has 0 aliphatic rings. The van der Waals surface area contributed by atoms with Crippen LogP contribution in [0.2, 0.25) is 0 Å². The molecule has 21 heavy (non-hydrogen) atoms. The van der Waals surface area contributed by atoms with Crippen molar-refractivity contribution >= 4 is 27.4 Å². The van der Waals surface area contributed by atoms with E-state index in [0.29, 0.717) is 11.4 Å². The third-order valence-electron chi connectivity index (χ3n) is 2.54. The maximum Gasteiger partial charge on any atom is 0.315 e. The van der Waals surface area contributed by atoms with E-state index in [0.717, 1.165) is 15.3 Å². The number of carbonyl (C=O) groups excluding carboxylic acids is 1. The lowest BCUT2D eigenvalue weighted by Crippen LogP contribution is -2.40. The van der Waals surface area contributed by atoms with Gasteiger partial charge in [0, 0.05) is 29.4 Å². The summed E-state index contributed by atoms with van der Waals surface area (Å²) in [5.41, 5.74) is 0.842. The molecule has 118 valence electrons. The van der Waals surface area contributed by atoms with Gasteiger partial charge in [0.15, 0.2) is 0 Å². The Morgan fingerprint density at radius 3 is 2.48 bits per heavy atom. The number of aryl methyl sites for hydroxylation is 2. The number of carbonyl (C=O) groups is 1. The van der Waals surface area contributed by atoms with Crippen molar-refractivity contribution in [2.75, 3.05) is 19.6 Å². The van der Waals surface area contributed by atoms with Crippen LogP contribution in [0.15, 0.2) is 23.1 Å². The van der Waals surface area contributed by atoms with Gasteiger partial charge in [-0.25, -0.2) is 17.9 Å². The fourth-order valence-corrected chi connectivity index (χ4v) is 4.19. The molecule has 0 fully saturated rings. The molecule has 0 aromatic carbocycles. The average Bonchev–Trinajstić information content (AvgIpc) is 2.72. The summed E-state index contributed by atoms with van der Waals surface area (Å²) >= 11 is 1.44. The molecule has 0 radical (unpaired) electrons. The Balaban J connectivity index is 2.40. The van der Waals surface area contributed by atoms with Crippen LogP contribution < -0.4 is 15.4 Å². The summed E-state index contributed by atoms with van der Waals surface area (Å²) in [7, 11) is -3.52. The molecule has 0 saturated heterocycles. The van der Waals surface area contributed by atoms with Crippen LogP contribution in [0.25, 0.3) is 0 Å². The van der Waals surface area contributed by atoms with Crippen LogP contribution in [-0.4, -0.2) is 34.1 Å². The number of nitrogens with one attached hydrogen (secondary N) is 3. The van der Waals surface area contributed by atoms with Crippen LogP contribution in [0.3, 0.4) is 0 Å². The maximum atomic E-state index is 12.1. The highest BCUT2D eigenvalue weighted by Crippen LogP contribution is 2.24. The van der Waals surface area contributed by atoms with E-state index in [1.165, 1.54) is 11.3 Å². The minimum atomic E-state index is -3.52. The van der Waals surface area contributed by atoms with E-state index < -0.39 is 10.0 Å². The molecule has 0 aliphatic heterocycles. The molecule has 1 rings (SSSR count). The standard InChI is InChI=1S/C13H21N3O3S2/c1-9(2)8-15-13(17)14-5-6-16-21(18,19)12-7-10(3)20-11(12)4/h7,16H,1,5-6,8H2,2-4H3,(H2,14,15,17). The number of hydrogen-bond acceptors (Lipinski definition) is 4. The average molecular weight is 331 g/mol. The highest BCUT2D eigenvalue weighted by atomic mass is 32.2. The summed E-state index contributed by atoms with van der Waals surface area (Å²) in [5.74, 6) is 0. The van der Waals surface area contributed by atoms with Crippen LogP contribution in [0.1, 0.15) is 16.7 Å². The normalized spacial score (nSPS) is 11.2. The van der Waals surface area contributed by atoms with Crippen LogP contribution in [0.5, 0.6) is 0 Å². The van der Waals surface area contributed by atoms with Crippen LogP contribution >= 0.6 is 11.3 Å². The molecule has 0 spiro atoms. The van der Waals surface area contributed by atoms with Crippen molar-refractivity contribution in [3.8, 4) is 0 Å². The zero-order valence-electron chi connectivity index (χ0n) is 12.4. The van der Waals surface area contributed by atoms with E-state index in [1.54, 1.807) is 19.9 Å². The highest BCUT2D eigenvalue weighted by molar-refractivity contribution is 7.89. The second kappa shape index (κ2) is 7.58. The van der Waals surface area contributed by atoms with Crippen molar-refractivity contribution in [1.82, 2.24) is 15.4 Å². The minimum absolute atomic E-state index is 0.136. The quantitative estimate of drug-likeness (QED) is 0.523. The molecule has 0 unspecified atom stereocenters. The third kappa shape index (κ3) is 5.86. The van der Waals surface area contributed by atoms with Gasteiger partial charge in [0.25, 0.3) is 0 Å². The molecular weight excluding hydrogens is 310 g/mol. The first-order chi connectivity index (χ1) is 9.72. The van der Waals surface area contributed by atoms with E-state index >= 15 is 0 Å². The number of amides is 2. The Labute approximate surface area is 129 Å². The molecule has 0 saturated carbocycles. The van der Waals surface area contributed by atoms with Gasteiger partial charge in [0.1, 0.15) is 0 Å². The topological polar surface area (TPSA) is 87.3 Å². The van der Waals surface area contributed by atoms with Gasteiger partial charge in [-0.3, -0.25) is 0 Å². The molecule has 0 bridgehead atoms. The Morgan fingerprint density at radius 2 is 1.95 bits per heavy atom. The summed E-state index contributed by atoms with van der Waals surface area (Å²) in [6.45, 7) is 9.85. The van der Waals surface area contributed by atoms with Gasteiger partial charge in [0.05, 0.1) is 4.90 Å². The summed E-state index contributed by atoms with van der Waals surface area (Å²) in [6.07, 6.45) is 0. The van der Waals surface area contributed by atoms with Crippen molar-refractivity contribution in [2.24, 2.45) is 0 Å². The fraction of sp³-hybridized carbons (Fsp3) is 0.462. The molecule has 0 aliphatic carbocycles. The van der Waals surface area contributed by atoms with E-state index in [1.807, 2.05) is 6.92 Å². The minimum Gasteiger partial charge on any atom is -0.337 e. The molecule has 0 atom stereocenters. The first-order valence-corrected chi connectivity index (χ1v) is 8.75. The molecule has 2 amide bonds. The molecule has 1 aromatic rings. The second-order valence-electron chi connectivity index (χ2n) is 4.74. The summed E-state index contributed by atoms with van der Waals surface area (Å²) in [6, 6.07) is 1.30. The van der Waals surface area contributed by atoms with Gasteiger partial charge < -0.3 is 10.6 Å². The van der Waals surface area contributed by atoms with Crippen molar-refractivity contribution in [3.63, 3.8) is 0 Å². The molecule has 3 N–H and O–H groups in total. The van der Waals surface area contributed by atoms with E-state index in [2.05, 4.69) is 21.9 Å². The summed E-state index contributed by atoms with van der Waals surface area (Å²) in [4.78, 5) is 13.4. The van der Waals surface area contributed by atoms with Gasteiger partial charge in [-0.2, -0.15) is 0 Å². The third-order valence-corrected chi connectivity index (χ3v) is 5.22. The van der Waals surface area contributed by atoms with Gasteiger partial charge in [-0.1, -0.05) is 12.2 Å². The van der Waals surface area contributed by atoms with Crippen LogP contribution in [0.4, 0.5) is 4.79 Å². The summed E-state index contributed by atoms with van der Waals surface area (Å²) in [5, 5.41) is 5.17. The first-order valence-electron chi connectivity index (χ1n) is 6.45. The monoisotopic (exact) mass is 331 g/mol. The fourth-order valence-electron chi connectivity index (χ4n) is 1.61. The lowest BCUT2D eigenvalue weighted by Gasteiger charge is -2.09. The predicted octanol–water partition coefficient (Wildman–Crippen LogP) is 1.52. The number of sulfonamides is 1. The zero-order chi connectivity index (χ0) is 16.0. The molecule has 6 nitrogen and oxygen atoms in total. The molecule has 8 heteroatoms. The second-order valence-corrected chi connectivity index (χ2v) is 7.94. The van der Waals surface area contributed by atoms with E-state index in [4.69, 9.17) is 0 Å². The molecular formula is C13H21N3O3S2. The first kappa shape index (κ1) is 17.7. The lowest BCUT2D eigenvalue weighted by molar-refractivity contribution is 0.242. The van der Waals surface area contributed by atoms with Crippen molar-refractivity contribution in [2.45, 2.75) is 25.7 Å². The number of rotatable bonds is 7. The highest BCUT2D eigenvalue weighted by Gasteiger charge is 2.18. The van der Waals surface area contributed by atoms with E-state index in [9.17, 15) is 13.2 Å². The van der Waals surface area contributed by atoms with Gasteiger partial charge in [-0.15, -0.1) is 11.3 Å². The Kier molecular flexibility index (Phi) is 6.38. The predicted molar refractivity (Wildman–Crippen MR) is 85.2 cm³/mol. The SMILES string of the molecule is C=C(C)CNC(=O)NCCNS(=O)(=O)c1cc(C)sc1C. The van der Waals surface area contributed by atoms with Crippen LogP contribution in [0, 0.1) is 13.8 Å². The lowest BCUT2D eigenvalue weighted by atomic mass is 10.3. The van der Waals surface area contributed by atoms with Crippen molar-refractivity contribution < 1.29 is 13.2 Å². The van der Waals surface area contributed by atoms with Gasteiger partial charge in [0.2, 0.25) is 10.0 Å². The smallest absolute Gasteiger partial charge is 0.315 e. The maximum absolute atomic E-state index is 12.1. The van der Waals surface area contributed by atoms with Gasteiger partial charge in [-0.05, 0) is 26.8 Å². The Bertz CT molecular complexity index is 621. The van der Waals surface area contributed by atoms with Crippen molar-refractivity contribution in [1.29, 1.82) is 0 Å². The Hall–Kier alpha value is -1.38. The number of thiophene rings is 1. The van der Waals surface area contributed by atoms with Crippen LogP contribution in [-0.2, 0) is 10.0 Å². The number of urea groups is 1. The largest absolute Gasteiger partial charge is 0.337 e. The van der Waals surface area contributed by atoms with Gasteiger partial charge >= 0.3 is 6.03 Å². The Morgan fingerprint density at radius 1 is 1.29 bits per heavy atom.